The highest BCUT2D eigenvalue weighted by molar-refractivity contribution is 5.50. The van der Waals surface area contributed by atoms with Gasteiger partial charge in [0.2, 0.25) is 0 Å². The highest BCUT2D eigenvalue weighted by Crippen LogP contribution is 2.53. The summed E-state index contributed by atoms with van der Waals surface area (Å²) in [5, 5.41) is 10.3. The highest BCUT2D eigenvalue weighted by Gasteiger charge is 2.47. The molecule has 2 aromatic rings. The maximum absolute atomic E-state index is 10.3. The van der Waals surface area contributed by atoms with Crippen molar-refractivity contribution >= 4 is 0 Å². The van der Waals surface area contributed by atoms with Crippen LogP contribution in [0.5, 0.6) is 11.5 Å². The number of ether oxygens (including phenoxy) is 2. The predicted molar refractivity (Wildman–Crippen MR) is 121 cm³/mol. The lowest BCUT2D eigenvalue weighted by Gasteiger charge is -2.49. The van der Waals surface area contributed by atoms with Crippen molar-refractivity contribution in [1.29, 1.82) is 0 Å². The number of aliphatic hydroxyl groups excluding tert-OH is 1. The topological polar surface area (TPSA) is 38.7 Å². The van der Waals surface area contributed by atoms with E-state index in [0.717, 1.165) is 50.0 Å². The van der Waals surface area contributed by atoms with Crippen LogP contribution in [0.25, 0.3) is 0 Å². The summed E-state index contributed by atoms with van der Waals surface area (Å²) < 4.78 is 12.8. The molecule has 1 heterocycles. The van der Waals surface area contributed by atoms with Gasteiger partial charge >= 0.3 is 0 Å². The smallest absolute Gasteiger partial charge is 0.127 e. The van der Waals surface area contributed by atoms with E-state index in [1.165, 1.54) is 16.7 Å². The summed E-state index contributed by atoms with van der Waals surface area (Å²) in [6.45, 7) is 8.70. The summed E-state index contributed by atoms with van der Waals surface area (Å²) in [6.07, 6.45) is 5.91. The van der Waals surface area contributed by atoms with Gasteiger partial charge in [-0.25, -0.2) is 0 Å². The van der Waals surface area contributed by atoms with Crippen molar-refractivity contribution in [3.8, 4) is 11.5 Å². The van der Waals surface area contributed by atoms with Crippen LogP contribution < -0.4 is 9.47 Å². The molecule has 1 aliphatic heterocycles. The summed E-state index contributed by atoms with van der Waals surface area (Å²) >= 11 is 0. The number of aryl methyl sites for hydroxylation is 2. The molecule has 0 amide bonds. The quantitative estimate of drug-likeness (QED) is 0.618. The van der Waals surface area contributed by atoms with Crippen molar-refractivity contribution in [2.24, 2.45) is 5.92 Å². The monoisotopic (exact) mass is 408 g/mol. The first-order valence-corrected chi connectivity index (χ1v) is 11.6. The molecule has 30 heavy (non-hydrogen) atoms. The minimum atomic E-state index is -0.218. The lowest BCUT2D eigenvalue weighted by Crippen LogP contribution is -2.47. The molecule has 4 rings (SSSR count). The maximum atomic E-state index is 10.3. The van der Waals surface area contributed by atoms with Crippen molar-refractivity contribution in [1.82, 2.24) is 0 Å². The Labute approximate surface area is 181 Å². The second-order valence-electron chi connectivity index (χ2n) is 9.84. The average Bonchev–Trinajstić information content (AvgIpc) is 2.67. The van der Waals surface area contributed by atoms with Crippen molar-refractivity contribution < 1.29 is 14.6 Å². The van der Waals surface area contributed by atoms with Gasteiger partial charge in [0.15, 0.2) is 0 Å². The fourth-order valence-electron chi connectivity index (χ4n) is 5.55. The van der Waals surface area contributed by atoms with Crippen molar-refractivity contribution in [3.63, 3.8) is 0 Å². The van der Waals surface area contributed by atoms with Crippen LogP contribution in [-0.2, 0) is 6.42 Å². The molecule has 0 aromatic heterocycles. The van der Waals surface area contributed by atoms with Crippen molar-refractivity contribution in [2.45, 2.75) is 89.9 Å². The third-order valence-corrected chi connectivity index (χ3v) is 7.04. The van der Waals surface area contributed by atoms with Gasteiger partial charge < -0.3 is 14.6 Å². The van der Waals surface area contributed by atoms with Crippen molar-refractivity contribution in [3.05, 3.63) is 59.2 Å². The standard InChI is InChI=1S/C27H36O3/c1-18-15-22(29-19(2)9-8-12-20-10-6-5-7-11-20)17-25-26(18)23-16-21(28)13-14-24(23)27(3,4)30-25/h5-7,10-11,15,17,19,21,23-24,28H,8-9,12-14,16H2,1-4H3. The molecule has 1 fully saturated rings. The Morgan fingerprint density at radius 2 is 1.93 bits per heavy atom. The number of aliphatic hydroxyl groups is 1. The molecule has 0 saturated heterocycles. The zero-order valence-electron chi connectivity index (χ0n) is 18.9. The molecule has 1 N–H and O–H groups in total. The SMILES string of the molecule is Cc1cc(OC(C)CCCc2ccccc2)cc2c1C1CC(O)CCC1C(C)(C)O2. The van der Waals surface area contributed by atoms with E-state index in [-0.39, 0.29) is 17.8 Å². The normalized spacial score (nSPS) is 25.6. The predicted octanol–water partition coefficient (Wildman–Crippen LogP) is 6.20. The van der Waals surface area contributed by atoms with Gasteiger partial charge in [-0.15, -0.1) is 0 Å². The van der Waals surface area contributed by atoms with Gasteiger partial charge in [-0.1, -0.05) is 30.3 Å². The van der Waals surface area contributed by atoms with E-state index in [4.69, 9.17) is 9.47 Å². The van der Waals surface area contributed by atoms with Gasteiger partial charge in [0.25, 0.3) is 0 Å². The molecule has 4 unspecified atom stereocenters. The highest BCUT2D eigenvalue weighted by atomic mass is 16.5. The first kappa shape index (κ1) is 21.2. The number of benzene rings is 2. The fourth-order valence-corrected chi connectivity index (χ4v) is 5.55. The largest absolute Gasteiger partial charge is 0.491 e. The molecule has 0 bridgehead atoms. The zero-order valence-corrected chi connectivity index (χ0v) is 18.9. The molecule has 4 atom stereocenters. The Balaban J connectivity index is 1.45. The van der Waals surface area contributed by atoms with Crippen LogP contribution in [0.1, 0.15) is 75.5 Å². The summed E-state index contributed by atoms with van der Waals surface area (Å²) in [7, 11) is 0. The Bertz CT molecular complexity index is 858. The Morgan fingerprint density at radius 3 is 2.70 bits per heavy atom. The summed E-state index contributed by atoms with van der Waals surface area (Å²) in [6, 6.07) is 14.9. The van der Waals surface area contributed by atoms with E-state index in [1.54, 1.807) is 0 Å². The number of hydrogen-bond donors (Lipinski definition) is 1. The molecule has 0 spiro atoms. The number of hydrogen-bond acceptors (Lipinski definition) is 3. The lowest BCUT2D eigenvalue weighted by molar-refractivity contribution is -0.0313. The van der Waals surface area contributed by atoms with Crippen molar-refractivity contribution in [2.75, 3.05) is 0 Å². The van der Waals surface area contributed by atoms with Crippen LogP contribution in [0.3, 0.4) is 0 Å². The van der Waals surface area contributed by atoms with Gasteiger partial charge in [0.05, 0.1) is 12.2 Å². The summed E-state index contributed by atoms with van der Waals surface area (Å²) in [5.41, 5.74) is 3.67. The molecule has 1 aliphatic carbocycles. The van der Waals surface area contributed by atoms with Gasteiger partial charge in [-0.05, 0) is 89.3 Å². The van der Waals surface area contributed by atoms with Crippen LogP contribution in [0.2, 0.25) is 0 Å². The van der Waals surface area contributed by atoms with E-state index in [1.807, 2.05) is 0 Å². The zero-order chi connectivity index (χ0) is 21.3. The molecule has 2 aromatic carbocycles. The first-order chi connectivity index (χ1) is 14.3. The molecule has 0 radical (unpaired) electrons. The molecular formula is C27H36O3. The van der Waals surface area contributed by atoms with Gasteiger partial charge in [-0.2, -0.15) is 0 Å². The average molecular weight is 409 g/mol. The van der Waals surface area contributed by atoms with Gasteiger partial charge in [-0.3, -0.25) is 0 Å². The lowest BCUT2D eigenvalue weighted by atomic mass is 9.65. The van der Waals surface area contributed by atoms with Gasteiger partial charge in [0.1, 0.15) is 17.1 Å². The second-order valence-corrected chi connectivity index (χ2v) is 9.84. The van der Waals surface area contributed by atoms with Crippen LogP contribution in [0.15, 0.2) is 42.5 Å². The molecular weight excluding hydrogens is 372 g/mol. The third-order valence-electron chi connectivity index (χ3n) is 7.04. The molecule has 3 heteroatoms. The summed E-state index contributed by atoms with van der Waals surface area (Å²) in [5.74, 6) is 2.66. The minimum absolute atomic E-state index is 0.159. The Kier molecular flexibility index (Phi) is 6.11. The van der Waals surface area contributed by atoms with Crippen LogP contribution >= 0.6 is 0 Å². The Morgan fingerprint density at radius 1 is 1.17 bits per heavy atom. The Hall–Kier alpha value is -2.00. The summed E-state index contributed by atoms with van der Waals surface area (Å²) in [4.78, 5) is 0. The minimum Gasteiger partial charge on any atom is -0.491 e. The fraction of sp³-hybridized carbons (Fsp3) is 0.556. The van der Waals surface area contributed by atoms with E-state index in [9.17, 15) is 5.11 Å². The van der Waals surface area contributed by atoms with Crippen LogP contribution in [-0.4, -0.2) is 22.9 Å². The maximum Gasteiger partial charge on any atom is 0.127 e. The van der Waals surface area contributed by atoms with E-state index in [0.29, 0.717) is 11.8 Å². The van der Waals surface area contributed by atoms with E-state index >= 15 is 0 Å². The number of rotatable bonds is 6. The van der Waals surface area contributed by atoms with E-state index < -0.39 is 0 Å². The molecule has 1 saturated carbocycles. The van der Waals surface area contributed by atoms with Crippen LogP contribution in [0.4, 0.5) is 0 Å². The second kappa shape index (κ2) is 8.63. The number of fused-ring (bicyclic) bond motifs is 3. The van der Waals surface area contributed by atoms with E-state index in [2.05, 4.69) is 70.2 Å². The first-order valence-electron chi connectivity index (χ1n) is 11.6. The molecule has 3 nitrogen and oxygen atoms in total. The molecule has 2 aliphatic rings. The van der Waals surface area contributed by atoms with Crippen LogP contribution in [0, 0.1) is 12.8 Å². The molecule has 162 valence electrons. The van der Waals surface area contributed by atoms with Gasteiger partial charge in [0, 0.05) is 17.5 Å². The third kappa shape index (κ3) is 4.51.